The third-order valence-electron chi connectivity index (χ3n) is 2.46. The zero-order chi connectivity index (χ0) is 10.2. The maximum absolute atomic E-state index is 11.0. The molecule has 0 heterocycles. The van der Waals surface area contributed by atoms with Crippen LogP contribution in [0.2, 0.25) is 0 Å². The summed E-state index contributed by atoms with van der Waals surface area (Å²) in [6.07, 6.45) is 5.70. The highest BCUT2D eigenvalue weighted by atomic mass is 79.9. The van der Waals surface area contributed by atoms with Crippen molar-refractivity contribution >= 4 is 22.1 Å². The first kappa shape index (κ1) is 11.8. The maximum atomic E-state index is 11.0. The van der Waals surface area contributed by atoms with E-state index in [2.05, 4.69) is 15.9 Å². The van der Waals surface area contributed by atoms with E-state index >= 15 is 0 Å². The van der Waals surface area contributed by atoms with Gasteiger partial charge in [-0.2, -0.15) is 0 Å². The Kier molecular flexibility index (Phi) is 5.99. The minimum absolute atomic E-state index is 0.378. The second-order valence-corrected chi connectivity index (χ2v) is 4.40. The number of ether oxygens (including phenoxy) is 2. The fraction of sp³-hybridized carbons (Fsp3) is 0.900. The van der Waals surface area contributed by atoms with Crippen molar-refractivity contribution in [2.24, 2.45) is 5.92 Å². The van der Waals surface area contributed by atoms with Gasteiger partial charge in [-0.1, -0.05) is 35.2 Å². The summed E-state index contributed by atoms with van der Waals surface area (Å²) in [4.78, 5) is 11.0. The van der Waals surface area contributed by atoms with Crippen LogP contribution < -0.4 is 0 Å². The molecule has 0 N–H and O–H groups in total. The zero-order valence-corrected chi connectivity index (χ0v) is 9.92. The van der Waals surface area contributed by atoms with Crippen LogP contribution >= 0.6 is 15.9 Å². The Labute approximate surface area is 93.3 Å². The van der Waals surface area contributed by atoms with Gasteiger partial charge in [-0.3, -0.25) is 0 Å². The highest BCUT2D eigenvalue weighted by Gasteiger charge is 2.15. The summed E-state index contributed by atoms with van der Waals surface area (Å²) < 4.78 is 9.78. The maximum Gasteiger partial charge on any atom is 0.508 e. The lowest BCUT2D eigenvalue weighted by Gasteiger charge is -2.20. The van der Waals surface area contributed by atoms with Gasteiger partial charge in [-0.15, -0.1) is 0 Å². The van der Waals surface area contributed by atoms with E-state index in [1.54, 1.807) is 0 Å². The quantitative estimate of drug-likeness (QED) is 0.578. The Balaban J connectivity index is 2.03. The van der Waals surface area contributed by atoms with E-state index in [0.29, 0.717) is 24.5 Å². The number of hydrogen-bond acceptors (Lipinski definition) is 3. The molecular weight excluding hydrogens is 248 g/mol. The molecule has 4 heteroatoms. The topological polar surface area (TPSA) is 35.5 Å². The van der Waals surface area contributed by atoms with E-state index in [9.17, 15) is 4.79 Å². The van der Waals surface area contributed by atoms with E-state index in [4.69, 9.17) is 9.47 Å². The summed E-state index contributed by atoms with van der Waals surface area (Å²) in [5.74, 6) is 0.556. The summed E-state index contributed by atoms with van der Waals surface area (Å²) in [6, 6.07) is 0. The third kappa shape index (κ3) is 4.84. The first-order valence-corrected chi connectivity index (χ1v) is 6.30. The Morgan fingerprint density at radius 2 is 1.93 bits per heavy atom. The number of rotatable bonds is 4. The second kappa shape index (κ2) is 7.10. The first-order valence-electron chi connectivity index (χ1n) is 5.18. The average molecular weight is 265 g/mol. The molecule has 0 bridgehead atoms. The van der Waals surface area contributed by atoms with E-state index in [0.717, 1.165) is 0 Å². The number of carbonyl (C=O) groups excluding carboxylic acids is 1. The van der Waals surface area contributed by atoms with Gasteiger partial charge in [0.05, 0.1) is 6.61 Å². The molecule has 0 aromatic rings. The SMILES string of the molecule is O=C(OCCBr)OCC1CCCCC1. The summed E-state index contributed by atoms with van der Waals surface area (Å²) in [5.41, 5.74) is 0. The van der Waals surface area contributed by atoms with Gasteiger partial charge in [0.25, 0.3) is 0 Å². The van der Waals surface area contributed by atoms with Crippen LogP contribution in [0.5, 0.6) is 0 Å². The lowest BCUT2D eigenvalue weighted by Crippen LogP contribution is -2.17. The zero-order valence-electron chi connectivity index (χ0n) is 8.34. The predicted molar refractivity (Wildman–Crippen MR) is 57.7 cm³/mol. The van der Waals surface area contributed by atoms with Gasteiger partial charge in [-0.05, 0) is 18.8 Å². The number of alkyl halides is 1. The first-order chi connectivity index (χ1) is 6.83. The van der Waals surface area contributed by atoms with E-state index in [1.165, 1.54) is 32.1 Å². The molecule has 0 spiro atoms. The van der Waals surface area contributed by atoms with Gasteiger partial charge < -0.3 is 9.47 Å². The molecule has 0 aromatic heterocycles. The molecule has 0 amide bonds. The monoisotopic (exact) mass is 264 g/mol. The van der Waals surface area contributed by atoms with Crippen molar-refractivity contribution in [3.05, 3.63) is 0 Å². The molecule has 1 aliphatic rings. The fourth-order valence-corrected chi connectivity index (χ4v) is 1.87. The van der Waals surface area contributed by atoms with Crippen LogP contribution in [-0.2, 0) is 9.47 Å². The van der Waals surface area contributed by atoms with Crippen LogP contribution in [0.4, 0.5) is 4.79 Å². The molecule has 1 fully saturated rings. The van der Waals surface area contributed by atoms with Crippen molar-refractivity contribution < 1.29 is 14.3 Å². The molecule has 0 aromatic carbocycles. The second-order valence-electron chi connectivity index (χ2n) is 3.60. The average Bonchev–Trinajstić information content (AvgIpc) is 2.25. The van der Waals surface area contributed by atoms with Crippen molar-refractivity contribution in [1.82, 2.24) is 0 Å². The smallest absolute Gasteiger partial charge is 0.434 e. The molecule has 0 saturated heterocycles. The molecule has 0 aliphatic heterocycles. The lowest BCUT2D eigenvalue weighted by molar-refractivity contribution is 0.0437. The highest BCUT2D eigenvalue weighted by Crippen LogP contribution is 2.23. The molecule has 82 valence electrons. The molecule has 1 rings (SSSR count). The molecular formula is C10H17BrO3. The summed E-state index contributed by atoms with van der Waals surface area (Å²) in [5, 5.41) is 0.658. The molecule has 14 heavy (non-hydrogen) atoms. The molecule has 1 aliphatic carbocycles. The Hall–Kier alpha value is -0.250. The van der Waals surface area contributed by atoms with Crippen molar-refractivity contribution in [2.45, 2.75) is 32.1 Å². The minimum Gasteiger partial charge on any atom is -0.434 e. The number of halogens is 1. The van der Waals surface area contributed by atoms with Crippen LogP contribution in [0.3, 0.4) is 0 Å². The van der Waals surface area contributed by atoms with Crippen molar-refractivity contribution in [3.8, 4) is 0 Å². The largest absolute Gasteiger partial charge is 0.508 e. The van der Waals surface area contributed by atoms with Crippen LogP contribution in [-0.4, -0.2) is 24.7 Å². The lowest BCUT2D eigenvalue weighted by atomic mass is 9.90. The van der Waals surface area contributed by atoms with Crippen molar-refractivity contribution in [1.29, 1.82) is 0 Å². The Morgan fingerprint density at radius 3 is 2.57 bits per heavy atom. The molecule has 3 nitrogen and oxygen atoms in total. The molecule has 0 atom stereocenters. The van der Waals surface area contributed by atoms with Gasteiger partial charge in [0.2, 0.25) is 0 Å². The third-order valence-corrected chi connectivity index (χ3v) is 2.78. The molecule has 1 saturated carbocycles. The molecule has 0 unspecified atom stereocenters. The Bertz CT molecular complexity index is 167. The van der Waals surface area contributed by atoms with Gasteiger partial charge in [0.1, 0.15) is 6.61 Å². The Morgan fingerprint density at radius 1 is 1.21 bits per heavy atom. The van der Waals surface area contributed by atoms with E-state index < -0.39 is 6.16 Å². The minimum atomic E-state index is -0.532. The van der Waals surface area contributed by atoms with Gasteiger partial charge in [0, 0.05) is 5.33 Å². The molecule has 0 radical (unpaired) electrons. The van der Waals surface area contributed by atoms with Crippen LogP contribution in [0.1, 0.15) is 32.1 Å². The fourth-order valence-electron chi connectivity index (χ4n) is 1.70. The summed E-state index contributed by atoms with van der Waals surface area (Å²) in [6.45, 7) is 0.907. The normalized spacial score (nSPS) is 17.8. The highest BCUT2D eigenvalue weighted by molar-refractivity contribution is 9.09. The van der Waals surface area contributed by atoms with Gasteiger partial charge in [0.15, 0.2) is 0 Å². The standard InChI is InChI=1S/C10H17BrO3/c11-6-7-13-10(12)14-8-9-4-2-1-3-5-9/h9H,1-8H2. The summed E-state index contributed by atoms with van der Waals surface area (Å²) in [7, 11) is 0. The van der Waals surface area contributed by atoms with E-state index in [1.807, 2.05) is 0 Å². The van der Waals surface area contributed by atoms with Gasteiger partial charge >= 0.3 is 6.16 Å². The van der Waals surface area contributed by atoms with Gasteiger partial charge in [-0.25, -0.2) is 4.79 Å². The van der Waals surface area contributed by atoms with E-state index in [-0.39, 0.29) is 0 Å². The van der Waals surface area contributed by atoms with Crippen LogP contribution in [0.25, 0.3) is 0 Å². The number of carbonyl (C=O) groups is 1. The predicted octanol–water partition coefficient (Wildman–Crippen LogP) is 3.11. The van der Waals surface area contributed by atoms with Crippen molar-refractivity contribution in [2.75, 3.05) is 18.5 Å². The number of hydrogen-bond donors (Lipinski definition) is 0. The summed E-state index contributed by atoms with van der Waals surface area (Å²) >= 11 is 3.17. The van der Waals surface area contributed by atoms with Crippen molar-refractivity contribution in [3.63, 3.8) is 0 Å². The van der Waals surface area contributed by atoms with Crippen LogP contribution in [0, 0.1) is 5.92 Å². The van der Waals surface area contributed by atoms with Crippen LogP contribution in [0.15, 0.2) is 0 Å².